The minimum atomic E-state index is 0.0366. The van der Waals surface area contributed by atoms with Crippen LogP contribution in [0.25, 0.3) is 0 Å². The lowest BCUT2D eigenvalue weighted by Crippen LogP contribution is -2.58. The van der Waals surface area contributed by atoms with Crippen molar-refractivity contribution in [2.24, 2.45) is 11.8 Å². The van der Waals surface area contributed by atoms with Gasteiger partial charge in [-0.25, -0.2) is 10.9 Å². The molecule has 4 heterocycles. The van der Waals surface area contributed by atoms with E-state index >= 15 is 0 Å². The lowest BCUT2D eigenvalue weighted by Gasteiger charge is -2.44. The molecule has 8 unspecified atom stereocenters. The molecule has 4 aliphatic heterocycles. The number of alkyl halides is 1. The summed E-state index contributed by atoms with van der Waals surface area (Å²) in [5, 5.41) is 17.6. The first-order valence-electron chi connectivity index (χ1n) is 13.3. The third-order valence-electron chi connectivity index (χ3n) is 8.54. The highest BCUT2D eigenvalue weighted by Crippen LogP contribution is 2.36. The molecule has 34 heavy (non-hydrogen) atoms. The summed E-state index contributed by atoms with van der Waals surface area (Å²) < 4.78 is 5.98. The van der Waals surface area contributed by atoms with Crippen LogP contribution in [-0.2, 0) is 9.53 Å². The van der Waals surface area contributed by atoms with Gasteiger partial charge in [0.1, 0.15) is 0 Å². The van der Waals surface area contributed by atoms with E-state index in [1.54, 1.807) is 0 Å². The van der Waals surface area contributed by atoms with Crippen LogP contribution >= 0.6 is 11.6 Å². The molecule has 0 bridgehead atoms. The van der Waals surface area contributed by atoms with Gasteiger partial charge in [0.25, 0.3) is 0 Å². The summed E-state index contributed by atoms with van der Waals surface area (Å²) in [7, 11) is 2.16. The Labute approximate surface area is 208 Å². The summed E-state index contributed by atoms with van der Waals surface area (Å²) in [4.78, 5) is 15.6. The highest BCUT2D eigenvalue weighted by Gasteiger charge is 2.42. The van der Waals surface area contributed by atoms with Crippen molar-refractivity contribution in [3.05, 3.63) is 0 Å². The Morgan fingerprint density at radius 2 is 2.03 bits per heavy atom. The Morgan fingerprint density at radius 1 is 1.12 bits per heavy atom. The maximum atomic E-state index is 13.2. The molecule has 1 saturated carbocycles. The zero-order chi connectivity index (χ0) is 23.5. The number of ether oxygens (including phenoxy) is 1. The molecule has 5 fully saturated rings. The van der Waals surface area contributed by atoms with E-state index in [0.717, 1.165) is 71.2 Å². The highest BCUT2D eigenvalue weighted by atomic mass is 35.5. The molecule has 11 heteroatoms. The molecule has 1 amide bonds. The molecular weight excluding hydrogens is 456 g/mol. The number of nitrogens with one attached hydrogen (secondary N) is 7. The lowest BCUT2D eigenvalue weighted by atomic mass is 9.78. The standard InChI is InChI=1S/C23H43ClN8O2/c1-32-20(30-31-22(32)18-6-8-25-13-28-18)12-27-19-11-14(5-9-26-19)23(33)29-17-7-10-34-21-15(17)3-2-4-16(21)24/h14-22,25-28,30-31H,2-13H2,1H3,(H,29,33)/t14?,15?,16?,17-,18?,19?,20?,21?,22?/m0/s1. The van der Waals surface area contributed by atoms with Crippen molar-refractivity contribution in [1.29, 1.82) is 0 Å². The number of carbonyl (C=O) groups is 1. The average Bonchev–Trinajstić information content (AvgIpc) is 3.24. The van der Waals surface area contributed by atoms with Crippen LogP contribution in [0.2, 0.25) is 0 Å². The van der Waals surface area contributed by atoms with Crippen molar-refractivity contribution in [2.75, 3.05) is 40.0 Å². The number of nitrogens with zero attached hydrogens (tertiary/aromatic N) is 1. The zero-order valence-electron chi connectivity index (χ0n) is 20.3. The molecule has 9 atom stereocenters. The van der Waals surface area contributed by atoms with Gasteiger partial charge in [0.05, 0.1) is 30.0 Å². The normalized spacial score (nSPS) is 43.9. The second kappa shape index (κ2) is 11.7. The molecule has 10 nitrogen and oxygen atoms in total. The summed E-state index contributed by atoms with van der Waals surface area (Å²) in [6.07, 6.45) is 7.61. The van der Waals surface area contributed by atoms with E-state index in [2.05, 4.69) is 49.4 Å². The predicted octanol–water partition coefficient (Wildman–Crippen LogP) is -0.816. The fourth-order valence-electron chi connectivity index (χ4n) is 6.47. The van der Waals surface area contributed by atoms with Crippen molar-refractivity contribution >= 4 is 17.5 Å². The third-order valence-corrected chi connectivity index (χ3v) is 9.01. The van der Waals surface area contributed by atoms with Gasteiger partial charge in [0.2, 0.25) is 5.91 Å². The minimum absolute atomic E-state index is 0.0366. The Kier molecular flexibility index (Phi) is 8.61. The van der Waals surface area contributed by atoms with Gasteiger partial charge in [-0.15, -0.1) is 11.6 Å². The maximum Gasteiger partial charge on any atom is 0.223 e. The fraction of sp³-hybridized carbons (Fsp3) is 0.957. The molecule has 0 aromatic rings. The lowest BCUT2D eigenvalue weighted by molar-refractivity contribution is -0.130. The molecule has 0 aromatic heterocycles. The minimum Gasteiger partial charge on any atom is -0.376 e. The summed E-state index contributed by atoms with van der Waals surface area (Å²) in [5.74, 6) is 0.587. The van der Waals surface area contributed by atoms with Gasteiger partial charge >= 0.3 is 0 Å². The van der Waals surface area contributed by atoms with Crippen molar-refractivity contribution in [3.8, 4) is 0 Å². The number of hydrogen-bond donors (Lipinski definition) is 7. The molecule has 194 valence electrons. The Balaban J connectivity index is 1.08. The first-order valence-corrected chi connectivity index (χ1v) is 13.7. The summed E-state index contributed by atoms with van der Waals surface area (Å²) in [6, 6.07) is 0.615. The van der Waals surface area contributed by atoms with Crippen LogP contribution < -0.4 is 37.4 Å². The summed E-state index contributed by atoms with van der Waals surface area (Å²) >= 11 is 6.54. The van der Waals surface area contributed by atoms with Crippen LogP contribution in [0.1, 0.15) is 44.9 Å². The molecule has 5 aliphatic rings. The molecular formula is C23H43ClN8O2. The highest BCUT2D eigenvalue weighted by molar-refractivity contribution is 6.21. The van der Waals surface area contributed by atoms with Crippen molar-refractivity contribution in [3.63, 3.8) is 0 Å². The van der Waals surface area contributed by atoms with E-state index in [-0.39, 0.29) is 47.8 Å². The first kappa shape index (κ1) is 25.1. The third kappa shape index (κ3) is 5.71. The Bertz CT molecular complexity index is 683. The summed E-state index contributed by atoms with van der Waals surface area (Å²) in [5.41, 5.74) is 6.89. The van der Waals surface area contributed by atoms with Gasteiger partial charge in [0, 0.05) is 43.7 Å². The maximum absolute atomic E-state index is 13.2. The molecule has 0 spiro atoms. The van der Waals surface area contributed by atoms with Crippen molar-refractivity contribution in [2.45, 2.75) is 87.0 Å². The van der Waals surface area contributed by atoms with E-state index in [4.69, 9.17) is 16.3 Å². The van der Waals surface area contributed by atoms with Crippen LogP contribution in [0.15, 0.2) is 0 Å². The number of hydrazine groups is 1. The van der Waals surface area contributed by atoms with E-state index in [1.165, 1.54) is 0 Å². The van der Waals surface area contributed by atoms with Crippen LogP contribution in [0.4, 0.5) is 0 Å². The quantitative estimate of drug-likeness (QED) is 0.236. The largest absolute Gasteiger partial charge is 0.376 e. The number of halogens is 1. The van der Waals surface area contributed by atoms with Crippen LogP contribution in [0.5, 0.6) is 0 Å². The number of likely N-dealkylation sites (N-methyl/N-ethyl adjacent to an activating group) is 1. The monoisotopic (exact) mass is 498 g/mol. The van der Waals surface area contributed by atoms with E-state index in [9.17, 15) is 4.79 Å². The van der Waals surface area contributed by atoms with Gasteiger partial charge in [-0.3, -0.25) is 20.3 Å². The molecule has 0 aromatic carbocycles. The Morgan fingerprint density at radius 3 is 2.88 bits per heavy atom. The number of fused-ring (bicyclic) bond motifs is 1. The van der Waals surface area contributed by atoms with Crippen molar-refractivity contribution < 1.29 is 9.53 Å². The van der Waals surface area contributed by atoms with Gasteiger partial charge in [-0.05, 0) is 58.7 Å². The summed E-state index contributed by atoms with van der Waals surface area (Å²) in [6.45, 7) is 4.25. The van der Waals surface area contributed by atoms with Crippen LogP contribution in [0, 0.1) is 11.8 Å². The average molecular weight is 499 g/mol. The number of carbonyl (C=O) groups excluding carboxylic acids is 1. The zero-order valence-corrected chi connectivity index (χ0v) is 21.1. The van der Waals surface area contributed by atoms with Crippen LogP contribution in [-0.4, -0.2) is 92.8 Å². The fourth-order valence-corrected chi connectivity index (χ4v) is 6.89. The van der Waals surface area contributed by atoms with Crippen LogP contribution in [0.3, 0.4) is 0 Å². The topological polar surface area (TPSA) is 114 Å². The molecule has 0 radical (unpaired) electrons. The van der Waals surface area contributed by atoms with Gasteiger partial charge in [0.15, 0.2) is 0 Å². The molecule has 7 N–H and O–H groups in total. The number of rotatable bonds is 6. The Hall–Kier alpha value is -0.560. The van der Waals surface area contributed by atoms with Gasteiger partial charge < -0.3 is 20.7 Å². The SMILES string of the molecule is CN1C(CNC2CC(C(=O)N[C@H]3CCOC4C(Cl)CCCC43)CCN2)NNC1C1CCNCN1. The first-order chi connectivity index (χ1) is 16.6. The number of amides is 1. The number of piperidine rings is 1. The van der Waals surface area contributed by atoms with E-state index < -0.39 is 0 Å². The van der Waals surface area contributed by atoms with Crippen molar-refractivity contribution in [1.82, 2.24) is 42.3 Å². The van der Waals surface area contributed by atoms with Gasteiger partial charge in [-0.2, -0.15) is 0 Å². The van der Waals surface area contributed by atoms with E-state index in [1.807, 2.05) is 0 Å². The number of hydrogen-bond acceptors (Lipinski definition) is 9. The van der Waals surface area contributed by atoms with Gasteiger partial charge in [-0.1, -0.05) is 6.42 Å². The predicted molar refractivity (Wildman–Crippen MR) is 132 cm³/mol. The molecule has 4 saturated heterocycles. The molecule has 1 aliphatic carbocycles. The molecule has 5 rings (SSSR count). The van der Waals surface area contributed by atoms with E-state index in [0.29, 0.717) is 18.6 Å². The second-order valence-corrected chi connectivity index (χ2v) is 11.2. The smallest absolute Gasteiger partial charge is 0.223 e. The second-order valence-electron chi connectivity index (χ2n) is 10.7.